The van der Waals surface area contributed by atoms with Gasteiger partial charge in [0, 0.05) is 46.8 Å². The van der Waals surface area contributed by atoms with Gasteiger partial charge in [-0.25, -0.2) is 9.18 Å². The smallest absolute Gasteiger partial charge is 0.410 e. The third-order valence-electron chi connectivity index (χ3n) is 5.99. The molecular weight excluding hydrogens is 495 g/mol. The van der Waals surface area contributed by atoms with Crippen molar-refractivity contribution in [3.8, 4) is 16.9 Å². The molecule has 0 saturated carbocycles. The van der Waals surface area contributed by atoms with Gasteiger partial charge >= 0.3 is 6.09 Å². The Morgan fingerprint density at radius 2 is 1.71 bits per heavy atom. The van der Waals surface area contributed by atoms with Crippen LogP contribution in [0.3, 0.4) is 0 Å². The first-order valence-electron chi connectivity index (χ1n) is 11.4. The van der Waals surface area contributed by atoms with Crippen molar-refractivity contribution >= 4 is 32.9 Å². The third kappa shape index (κ3) is 4.87. The van der Waals surface area contributed by atoms with Crippen LogP contribution in [0, 0.1) is 19.7 Å². The second-order valence-electron chi connectivity index (χ2n) is 8.47. The van der Waals surface area contributed by atoms with E-state index in [-0.39, 0.29) is 11.9 Å². The van der Waals surface area contributed by atoms with Crippen LogP contribution in [0.15, 0.2) is 65.3 Å². The SMILES string of the molecule is CCN(CC)C(=O)Oc1ccc2c(ccn2Cc2cc(F)ccc2Br)c1-c1cc(C)cc(C)c1. The lowest BCUT2D eigenvalue weighted by Gasteiger charge is -2.20. The van der Waals surface area contributed by atoms with Crippen LogP contribution in [0.2, 0.25) is 0 Å². The fourth-order valence-corrected chi connectivity index (χ4v) is 4.75. The van der Waals surface area contributed by atoms with Crippen molar-refractivity contribution in [2.75, 3.05) is 13.1 Å². The summed E-state index contributed by atoms with van der Waals surface area (Å²) in [6, 6.07) is 16.9. The number of hydrogen-bond donors (Lipinski definition) is 0. The second-order valence-corrected chi connectivity index (χ2v) is 9.32. The Kier molecular flexibility index (Phi) is 7.08. The van der Waals surface area contributed by atoms with Crippen LogP contribution in [0.1, 0.15) is 30.5 Å². The highest BCUT2D eigenvalue weighted by molar-refractivity contribution is 9.10. The van der Waals surface area contributed by atoms with E-state index in [9.17, 15) is 9.18 Å². The van der Waals surface area contributed by atoms with E-state index >= 15 is 0 Å². The topological polar surface area (TPSA) is 34.5 Å². The van der Waals surface area contributed by atoms with Gasteiger partial charge < -0.3 is 14.2 Å². The summed E-state index contributed by atoms with van der Waals surface area (Å²) in [4.78, 5) is 14.5. The number of carbonyl (C=O) groups excluding carboxylic acids is 1. The van der Waals surface area contributed by atoms with Gasteiger partial charge in [0.2, 0.25) is 0 Å². The molecule has 0 spiro atoms. The van der Waals surface area contributed by atoms with Crippen LogP contribution in [0.4, 0.5) is 9.18 Å². The van der Waals surface area contributed by atoms with Crippen molar-refractivity contribution in [3.05, 3.63) is 87.8 Å². The quantitative estimate of drug-likeness (QED) is 0.259. The Bertz CT molecular complexity index is 1340. The highest BCUT2D eigenvalue weighted by atomic mass is 79.9. The average Bonchev–Trinajstić information content (AvgIpc) is 3.19. The summed E-state index contributed by atoms with van der Waals surface area (Å²) in [5, 5.41) is 0.974. The maximum Gasteiger partial charge on any atom is 0.415 e. The van der Waals surface area contributed by atoms with Gasteiger partial charge in [-0.3, -0.25) is 0 Å². The Hall–Kier alpha value is -3.12. The summed E-state index contributed by atoms with van der Waals surface area (Å²) in [6.45, 7) is 9.65. The number of hydrogen-bond acceptors (Lipinski definition) is 2. The number of fused-ring (bicyclic) bond motifs is 1. The van der Waals surface area contributed by atoms with Crippen LogP contribution in [0.25, 0.3) is 22.0 Å². The van der Waals surface area contributed by atoms with E-state index in [1.54, 1.807) is 17.0 Å². The van der Waals surface area contributed by atoms with Crippen LogP contribution in [-0.4, -0.2) is 28.6 Å². The van der Waals surface area contributed by atoms with E-state index in [1.807, 2.05) is 38.2 Å². The molecule has 4 nitrogen and oxygen atoms in total. The van der Waals surface area contributed by atoms with Crippen LogP contribution in [0.5, 0.6) is 5.75 Å². The van der Waals surface area contributed by atoms with Crippen molar-refractivity contribution < 1.29 is 13.9 Å². The van der Waals surface area contributed by atoms with Gasteiger partial charge in [-0.1, -0.05) is 45.3 Å². The number of amides is 1. The number of halogens is 2. The summed E-state index contributed by atoms with van der Waals surface area (Å²) in [5.74, 6) is 0.260. The molecule has 0 radical (unpaired) electrons. The molecule has 176 valence electrons. The minimum Gasteiger partial charge on any atom is -0.410 e. The molecule has 0 N–H and O–H groups in total. The Labute approximate surface area is 208 Å². The van der Waals surface area contributed by atoms with Crippen LogP contribution in [-0.2, 0) is 6.54 Å². The van der Waals surface area contributed by atoms with Crippen LogP contribution < -0.4 is 4.74 Å². The van der Waals surface area contributed by atoms with Crippen molar-refractivity contribution in [2.45, 2.75) is 34.2 Å². The molecule has 3 aromatic carbocycles. The van der Waals surface area contributed by atoms with Gasteiger partial charge in [0.1, 0.15) is 11.6 Å². The van der Waals surface area contributed by atoms with Gasteiger partial charge in [0.25, 0.3) is 0 Å². The van der Waals surface area contributed by atoms with Gasteiger partial charge in [-0.15, -0.1) is 0 Å². The zero-order valence-electron chi connectivity index (χ0n) is 19.9. The molecular formula is C28H28BrFN2O2. The summed E-state index contributed by atoms with van der Waals surface area (Å²) >= 11 is 3.53. The molecule has 1 heterocycles. The third-order valence-corrected chi connectivity index (χ3v) is 6.77. The molecule has 0 unspecified atom stereocenters. The maximum atomic E-state index is 13.9. The van der Waals surface area contributed by atoms with Gasteiger partial charge in [0.05, 0.1) is 0 Å². The molecule has 4 rings (SSSR count). The predicted octanol–water partition coefficient (Wildman–Crippen LogP) is 7.72. The molecule has 0 aliphatic rings. The normalized spacial score (nSPS) is 11.1. The first-order chi connectivity index (χ1) is 16.3. The highest BCUT2D eigenvalue weighted by Gasteiger charge is 2.19. The summed E-state index contributed by atoms with van der Waals surface area (Å²) < 4.78 is 22.7. The Morgan fingerprint density at radius 3 is 2.38 bits per heavy atom. The van der Waals surface area contributed by atoms with Crippen molar-refractivity contribution in [1.29, 1.82) is 0 Å². The van der Waals surface area contributed by atoms with E-state index in [0.717, 1.165) is 43.2 Å². The van der Waals surface area contributed by atoms with Gasteiger partial charge in [0.15, 0.2) is 0 Å². The minimum absolute atomic E-state index is 0.267. The minimum atomic E-state index is -0.363. The fourth-order valence-electron chi connectivity index (χ4n) is 4.38. The van der Waals surface area contributed by atoms with E-state index in [1.165, 1.54) is 6.07 Å². The predicted molar refractivity (Wildman–Crippen MR) is 139 cm³/mol. The molecule has 4 aromatic rings. The number of nitrogens with zero attached hydrogens (tertiary/aromatic N) is 2. The molecule has 0 saturated heterocycles. The number of aryl methyl sites for hydroxylation is 2. The Morgan fingerprint density at radius 1 is 1.00 bits per heavy atom. The first kappa shape index (κ1) is 24.0. The lowest BCUT2D eigenvalue weighted by atomic mass is 9.97. The monoisotopic (exact) mass is 522 g/mol. The highest BCUT2D eigenvalue weighted by Crippen LogP contribution is 2.39. The largest absolute Gasteiger partial charge is 0.415 e. The van der Waals surface area contributed by atoms with Crippen molar-refractivity contribution in [2.24, 2.45) is 0 Å². The molecule has 34 heavy (non-hydrogen) atoms. The molecule has 1 amide bonds. The maximum absolute atomic E-state index is 13.9. The Balaban J connectivity index is 1.86. The average molecular weight is 523 g/mol. The summed E-state index contributed by atoms with van der Waals surface area (Å²) in [6.07, 6.45) is 1.63. The molecule has 0 aliphatic heterocycles. The van der Waals surface area contributed by atoms with Crippen molar-refractivity contribution in [1.82, 2.24) is 9.47 Å². The number of ether oxygens (including phenoxy) is 1. The molecule has 0 atom stereocenters. The van der Waals surface area contributed by atoms with Crippen molar-refractivity contribution in [3.63, 3.8) is 0 Å². The summed E-state index contributed by atoms with van der Waals surface area (Å²) in [7, 11) is 0. The van der Waals surface area contributed by atoms with E-state index in [2.05, 4.69) is 52.5 Å². The number of benzene rings is 3. The van der Waals surface area contributed by atoms with E-state index in [4.69, 9.17) is 4.74 Å². The molecule has 0 bridgehead atoms. The summed E-state index contributed by atoms with van der Waals surface area (Å²) in [5.41, 5.74) is 5.97. The van der Waals surface area contributed by atoms with Crippen LogP contribution >= 0.6 is 15.9 Å². The van der Waals surface area contributed by atoms with Gasteiger partial charge in [-0.2, -0.15) is 0 Å². The first-order valence-corrected chi connectivity index (χ1v) is 12.2. The number of carbonyl (C=O) groups is 1. The number of rotatable bonds is 6. The molecule has 1 aromatic heterocycles. The lowest BCUT2D eigenvalue weighted by molar-refractivity contribution is 0.157. The zero-order valence-corrected chi connectivity index (χ0v) is 21.4. The fraction of sp³-hybridized carbons (Fsp3) is 0.250. The molecule has 6 heteroatoms. The van der Waals surface area contributed by atoms with E-state index < -0.39 is 0 Å². The molecule has 0 aliphatic carbocycles. The number of aromatic nitrogens is 1. The van der Waals surface area contributed by atoms with E-state index in [0.29, 0.717) is 25.4 Å². The zero-order chi connectivity index (χ0) is 24.4. The molecule has 0 fully saturated rings. The van der Waals surface area contributed by atoms with Gasteiger partial charge in [-0.05, 0) is 75.2 Å². The second kappa shape index (κ2) is 10.0. The lowest BCUT2D eigenvalue weighted by Crippen LogP contribution is -2.33. The standard InChI is InChI=1S/C28H28BrFN2O2/c1-5-31(6-2)28(33)34-26-10-9-25-23(27(26)20-14-18(3)13-19(4)15-20)11-12-32(25)17-21-16-22(30)7-8-24(21)29/h7-16H,5-6,17H2,1-4H3.